The van der Waals surface area contributed by atoms with E-state index in [4.69, 9.17) is 15.2 Å². The molecule has 1 atom stereocenters. The Labute approximate surface area is 235 Å². The van der Waals surface area contributed by atoms with Crippen LogP contribution >= 0.6 is 0 Å². The molecule has 0 radical (unpaired) electrons. The first-order valence-electron chi connectivity index (χ1n) is 13.2. The number of anilines is 2. The summed E-state index contributed by atoms with van der Waals surface area (Å²) in [4.78, 5) is 0. The molecule has 39 heavy (non-hydrogen) atoms. The van der Waals surface area contributed by atoms with E-state index in [1.54, 1.807) is 0 Å². The third kappa shape index (κ3) is 8.44. The lowest BCUT2D eigenvalue weighted by atomic mass is 9.51. The summed E-state index contributed by atoms with van der Waals surface area (Å²) in [6.45, 7) is 5.00. The van der Waals surface area contributed by atoms with Gasteiger partial charge < -0.3 is 25.6 Å². The quantitative estimate of drug-likeness (QED) is 0.197. The maximum absolute atomic E-state index is 14.4. The number of hydrogen-bond acceptors (Lipinski definition) is 5. The summed E-state index contributed by atoms with van der Waals surface area (Å²) >= 11 is 0. The number of aliphatic hydroxyl groups excluding tert-OH is 1. The molecule has 5 nitrogen and oxygen atoms in total. The number of hydrogen-bond donors (Lipinski definition) is 3. The maximum Gasteiger partial charge on any atom is 0.148 e. The smallest absolute Gasteiger partial charge is 0.148 e. The predicted octanol–water partition coefficient (Wildman–Crippen LogP) is 0.832. The van der Waals surface area contributed by atoms with Crippen LogP contribution < -0.4 is 11.1 Å². The van der Waals surface area contributed by atoms with Crippen LogP contribution in [0.4, 0.5) is 15.8 Å². The molecule has 0 heterocycles. The van der Waals surface area contributed by atoms with Crippen LogP contribution in [0.3, 0.4) is 0 Å². The number of aliphatic hydroxyl groups is 1. The first-order valence-corrected chi connectivity index (χ1v) is 13.2. The summed E-state index contributed by atoms with van der Waals surface area (Å²) in [6, 6.07) is 22.6. The molecule has 0 spiro atoms. The molecule has 4 N–H and O–H groups in total. The molecular weight excluding hydrogens is 487 g/mol. The largest absolute Gasteiger partial charge is 0.396 e. The number of ether oxygens (including phenoxy) is 2. The van der Waals surface area contributed by atoms with Crippen molar-refractivity contribution < 1.29 is 19.0 Å². The number of halogens is 1. The fraction of sp³-hybridized carbons (Fsp3) is 0.310. The van der Waals surface area contributed by atoms with E-state index in [0.717, 1.165) is 11.1 Å². The second kappa shape index (κ2) is 12.8. The van der Waals surface area contributed by atoms with Gasteiger partial charge in [-0.15, -0.1) is 0 Å². The summed E-state index contributed by atoms with van der Waals surface area (Å²) in [5, 5.41) is 12.6. The van der Waals surface area contributed by atoms with Gasteiger partial charge in [0.25, 0.3) is 0 Å². The molecule has 1 unspecified atom stereocenters. The lowest BCUT2D eigenvalue weighted by Gasteiger charge is -2.38. The average molecular weight is 524 g/mol. The lowest BCUT2D eigenvalue weighted by Crippen LogP contribution is -2.49. The molecule has 0 aromatic heterocycles. The summed E-state index contributed by atoms with van der Waals surface area (Å²) < 4.78 is 26.7. The number of nitrogens with two attached hydrogens (primary N) is 1. The van der Waals surface area contributed by atoms with E-state index in [1.807, 2.05) is 106 Å². The Balaban J connectivity index is 1.72. The topological polar surface area (TPSA) is 76.7 Å². The van der Waals surface area contributed by atoms with Gasteiger partial charge in [0.15, 0.2) is 0 Å². The molecule has 0 amide bonds. The first kappa shape index (κ1) is 30.4. The molecule has 10 heteroatoms. The summed E-state index contributed by atoms with van der Waals surface area (Å²) in [6.07, 6.45) is -0.871. The van der Waals surface area contributed by atoms with E-state index in [2.05, 4.69) is 17.2 Å². The summed E-state index contributed by atoms with van der Waals surface area (Å²) in [7, 11) is 7.67. The van der Waals surface area contributed by atoms with Gasteiger partial charge in [0.1, 0.15) is 37.2 Å². The SMILES string of the molecule is BC(B)(OCc1ccccc1)C(O)CNc1cc(F)c(N)cc1C#CC(C)(C)C(B)(B)OCc1ccccc1. The Morgan fingerprint density at radius 3 is 2.03 bits per heavy atom. The number of benzene rings is 3. The standard InChI is InChI=1S/C29H37B4FN2O3/c1-27(2,29(32,33)39-19-21-11-7-4-8-12-21)14-13-22-15-24(35)23(34)16-25(22)36-17-26(37)28(30,31)38-18-20-9-5-3-6-10-20/h3-12,15-16,26,36-37H,17-19,30-33,35H2,1-2H3. The Morgan fingerprint density at radius 2 is 1.46 bits per heavy atom. The van der Waals surface area contributed by atoms with Crippen LogP contribution in [-0.4, -0.2) is 59.9 Å². The van der Waals surface area contributed by atoms with E-state index in [9.17, 15) is 9.50 Å². The number of nitrogens with one attached hydrogen (secondary N) is 1. The lowest BCUT2D eigenvalue weighted by molar-refractivity contribution is -0.0207. The van der Waals surface area contributed by atoms with Gasteiger partial charge in [-0.05, 0) is 31.0 Å². The van der Waals surface area contributed by atoms with Crippen LogP contribution in [0.25, 0.3) is 0 Å². The molecule has 3 rings (SSSR count). The van der Waals surface area contributed by atoms with Gasteiger partial charge in [-0.25, -0.2) is 4.39 Å². The van der Waals surface area contributed by atoms with Crippen molar-refractivity contribution in [1.29, 1.82) is 0 Å². The molecule has 0 bridgehead atoms. The minimum absolute atomic E-state index is 0.00863. The Hall–Kier alpha value is -3.11. The van der Waals surface area contributed by atoms with Crippen molar-refractivity contribution in [3.05, 3.63) is 95.3 Å². The molecule has 0 aliphatic heterocycles. The molecule has 3 aromatic carbocycles. The molecule has 0 saturated heterocycles. The summed E-state index contributed by atoms with van der Waals surface area (Å²) in [5.74, 6) is 5.95. The number of nitrogen functional groups attached to an aromatic ring is 1. The molecule has 0 aliphatic rings. The monoisotopic (exact) mass is 524 g/mol. The van der Waals surface area contributed by atoms with Gasteiger partial charge in [-0.3, -0.25) is 0 Å². The van der Waals surface area contributed by atoms with Crippen molar-refractivity contribution in [2.75, 3.05) is 17.6 Å². The van der Waals surface area contributed by atoms with Crippen molar-refractivity contribution >= 4 is 42.8 Å². The van der Waals surface area contributed by atoms with E-state index in [-0.39, 0.29) is 12.2 Å². The normalized spacial score (nSPS) is 12.8. The number of rotatable bonds is 11. The van der Waals surface area contributed by atoms with E-state index in [1.165, 1.54) is 12.1 Å². The van der Waals surface area contributed by atoms with Gasteiger partial charge in [0.05, 0.1) is 30.7 Å². The van der Waals surface area contributed by atoms with Crippen molar-refractivity contribution in [3.8, 4) is 11.8 Å². The molecular formula is C29H37B4FN2O3. The molecule has 200 valence electrons. The highest BCUT2D eigenvalue weighted by atomic mass is 19.1. The highest BCUT2D eigenvalue weighted by Crippen LogP contribution is 2.30. The van der Waals surface area contributed by atoms with E-state index < -0.39 is 28.1 Å². The molecule has 3 aromatic rings. The second-order valence-corrected chi connectivity index (χ2v) is 11.4. The van der Waals surface area contributed by atoms with Gasteiger partial charge in [0, 0.05) is 34.4 Å². The Bertz CT molecular complexity index is 1300. The maximum atomic E-state index is 14.4. The molecule has 0 fully saturated rings. The van der Waals surface area contributed by atoms with Crippen LogP contribution in [0.2, 0.25) is 0 Å². The second-order valence-electron chi connectivity index (χ2n) is 11.4. The van der Waals surface area contributed by atoms with Gasteiger partial charge >= 0.3 is 0 Å². The van der Waals surface area contributed by atoms with Crippen LogP contribution in [0, 0.1) is 23.1 Å². The van der Waals surface area contributed by atoms with Crippen molar-refractivity contribution in [2.45, 2.75) is 44.0 Å². The van der Waals surface area contributed by atoms with Crippen LogP contribution in [0.5, 0.6) is 0 Å². The summed E-state index contributed by atoms with van der Waals surface area (Å²) in [5.41, 5.74) is 8.43. The molecule has 0 saturated carbocycles. The minimum Gasteiger partial charge on any atom is -0.396 e. The van der Waals surface area contributed by atoms with Gasteiger partial charge in [-0.2, -0.15) is 0 Å². The Morgan fingerprint density at radius 1 is 0.923 bits per heavy atom. The fourth-order valence-corrected chi connectivity index (χ4v) is 3.62. The van der Waals surface area contributed by atoms with Crippen LogP contribution in [0.15, 0.2) is 72.8 Å². The average Bonchev–Trinajstić information content (AvgIpc) is 2.91. The van der Waals surface area contributed by atoms with Gasteiger partial charge in [-0.1, -0.05) is 72.5 Å². The minimum atomic E-state index is -0.871. The van der Waals surface area contributed by atoms with Crippen LogP contribution in [0.1, 0.15) is 30.5 Å². The highest BCUT2D eigenvalue weighted by molar-refractivity contribution is 6.40. The van der Waals surface area contributed by atoms with E-state index in [0.29, 0.717) is 24.5 Å². The fourth-order valence-electron chi connectivity index (χ4n) is 3.62. The van der Waals surface area contributed by atoms with Crippen LogP contribution in [-0.2, 0) is 22.7 Å². The zero-order valence-electron chi connectivity index (χ0n) is 23.8. The van der Waals surface area contributed by atoms with Crippen molar-refractivity contribution in [1.82, 2.24) is 0 Å². The third-order valence-corrected chi connectivity index (χ3v) is 7.34. The molecule has 0 aliphatic carbocycles. The van der Waals surface area contributed by atoms with Crippen molar-refractivity contribution in [2.24, 2.45) is 5.41 Å². The zero-order chi connectivity index (χ0) is 28.7. The predicted molar refractivity (Wildman–Crippen MR) is 168 cm³/mol. The highest BCUT2D eigenvalue weighted by Gasteiger charge is 2.36. The van der Waals surface area contributed by atoms with E-state index >= 15 is 0 Å². The Kier molecular flexibility index (Phi) is 10.0. The van der Waals surface area contributed by atoms with Crippen molar-refractivity contribution in [3.63, 3.8) is 0 Å². The third-order valence-electron chi connectivity index (χ3n) is 7.34. The van der Waals surface area contributed by atoms with Gasteiger partial charge in [0.2, 0.25) is 0 Å². The first-order chi connectivity index (χ1) is 18.3. The zero-order valence-corrected chi connectivity index (χ0v) is 23.8.